The minimum absolute atomic E-state index is 0.00176. The number of hydrogen-bond donors (Lipinski definition) is 1. The number of carbonyl (C=O) groups is 2. The second-order valence-electron chi connectivity index (χ2n) is 9.88. The second-order valence-corrected chi connectivity index (χ2v) is 12.7. The molecule has 2 aliphatic rings. The van der Waals surface area contributed by atoms with E-state index in [0.29, 0.717) is 37.3 Å². The molecule has 1 aromatic carbocycles. The second kappa shape index (κ2) is 11.9. The maximum absolute atomic E-state index is 13.0. The largest absolute Gasteiger partial charge is 0.460 e. The van der Waals surface area contributed by atoms with Crippen LogP contribution in [0.5, 0.6) is 6.01 Å². The normalized spacial score (nSPS) is 17.1. The molecule has 0 saturated carbocycles. The number of hydrogen-bond acceptors (Lipinski definition) is 11. The molecular weight excluding hydrogens is 554 g/mol. The van der Waals surface area contributed by atoms with E-state index in [4.69, 9.17) is 4.74 Å². The Labute approximate surface area is 236 Å². The molecule has 0 bridgehead atoms. The zero-order valence-electron chi connectivity index (χ0n) is 22.3. The fourth-order valence-electron chi connectivity index (χ4n) is 4.62. The monoisotopic (exact) mass is 585 g/mol. The average molecular weight is 586 g/mol. The molecule has 0 radical (unpaired) electrons. The molecule has 2 amide bonds. The van der Waals surface area contributed by atoms with Gasteiger partial charge in [0.1, 0.15) is 11.8 Å². The van der Waals surface area contributed by atoms with Gasteiger partial charge in [-0.15, -0.1) is 11.3 Å². The number of thiazole rings is 1. The maximum Gasteiger partial charge on any atom is 0.316 e. The third-order valence-corrected chi connectivity index (χ3v) is 8.96. The van der Waals surface area contributed by atoms with E-state index in [1.807, 2.05) is 7.05 Å². The van der Waals surface area contributed by atoms with Crippen LogP contribution in [0.3, 0.4) is 0 Å². The van der Waals surface area contributed by atoms with Crippen LogP contribution in [0.1, 0.15) is 33.7 Å². The molecule has 1 N–H and O–H groups in total. The van der Waals surface area contributed by atoms with Crippen molar-refractivity contribution in [1.82, 2.24) is 24.8 Å². The van der Waals surface area contributed by atoms with Gasteiger partial charge in [0.25, 0.3) is 11.8 Å². The van der Waals surface area contributed by atoms with E-state index >= 15 is 0 Å². The van der Waals surface area contributed by atoms with E-state index < -0.39 is 15.7 Å². The van der Waals surface area contributed by atoms with Crippen molar-refractivity contribution in [3.63, 3.8) is 0 Å². The number of sulfone groups is 1. The quantitative estimate of drug-likeness (QED) is 0.438. The van der Waals surface area contributed by atoms with Gasteiger partial charge in [-0.2, -0.15) is 0 Å². The van der Waals surface area contributed by atoms with Crippen molar-refractivity contribution in [2.24, 2.45) is 0 Å². The SMILES string of the molecule is CN1CCN(C(=O)c2ccc(NC(=O)c3csc(N4CCC(Oc5ncccn5)CC4)n3)c(S(C)(=O)=O)c2)CC1. The van der Waals surface area contributed by atoms with Gasteiger partial charge in [-0.3, -0.25) is 9.59 Å². The van der Waals surface area contributed by atoms with Crippen LogP contribution < -0.4 is 15.0 Å². The molecule has 2 saturated heterocycles. The number of benzene rings is 1. The molecule has 0 unspecified atom stereocenters. The zero-order chi connectivity index (χ0) is 28.3. The highest BCUT2D eigenvalue weighted by Gasteiger charge is 2.26. The first-order valence-corrected chi connectivity index (χ1v) is 15.7. The van der Waals surface area contributed by atoms with Crippen molar-refractivity contribution in [2.75, 3.05) is 62.8 Å². The Balaban J connectivity index is 1.23. The molecule has 5 rings (SSSR count). The van der Waals surface area contributed by atoms with Gasteiger partial charge in [0, 0.05) is 81.7 Å². The number of likely N-dealkylation sites (N-methyl/N-ethyl adjacent to an activating group) is 1. The molecule has 0 atom stereocenters. The highest BCUT2D eigenvalue weighted by atomic mass is 32.2. The van der Waals surface area contributed by atoms with Crippen molar-refractivity contribution in [2.45, 2.75) is 23.8 Å². The first-order valence-electron chi connectivity index (χ1n) is 12.9. The van der Waals surface area contributed by atoms with Crippen LogP contribution in [0.15, 0.2) is 46.9 Å². The number of ether oxygens (including phenoxy) is 1. The molecule has 2 aromatic heterocycles. The number of anilines is 2. The smallest absolute Gasteiger partial charge is 0.316 e. The number of nitrogens with one attached hydrogen (secondary N) is 1. The summed E-state index contributed by atoms with van der Waals surface area (Å²) in [5.74, 6) is -0.754. The molecule has 2 aliphatic heterocycles. The van der Waals surface area contributed by atoms with Crippen LogP contribution in [-0.4, -0.2) is 104 Å². The summed E-state index contributed by atoms with van der Waals surface area (Å²) in [6.45, 7) is 4.05. The maximum atomic E-state index is 13.0. The summed E-state index contributed by atoms with van der Waals surface area (Å²) in [7, 11) is -1.74. The van der Waals surface area contributed by atoms with Crippen LogP contribution in [0.4, 0.5) is 10.8 Å². The number of piperidine rings is 1. The number of aromatic nitrogens is 3. The predicted octanol–water partition coefficient (Wildman–Crippen LogP) is 2.02. The number of amides is 2. The van der Waals surface area contributed by atoms with Crippen molar-refractivity contribution in [1.29, 1.82) is 0 Å². The number of nitrogens with zero attached hydrogens (tertiary/aromatic N) is 6. The summed E-state index contributed by atoms with van der Waals surface area (Å²) in [6, 6.07) is 6.44. The van der Waals surface area contributed by atoms with Gasteiger partial charge in [0.05, 0.1) is 10.6 Å². The lowest BCUT2D eigenvalue weighted by Crippen LogP contribution is -2.47. The first-order chi connectivity index (χ1) is 19.2. The Hall–Kier alpha value is -3.62. The summed E-state index contributed by atoms with van der Waals surface area (Å²) in [5, 5.41) is 5.03. The van der Waals surface area contributed by atoms with E-state index in [-0.39, 0.29) is 33.9 Å². The Morgan fingerprint density at radius 1 is 1.05 bits per heavy atom. The van der Waals surface area contributed by atoms with Gasteiger partial charge >= 0.3 is 6.01 Å². The van der Waals surface area contributed by atoms with E-state index in [1.54, 1.807) is 34.8 Å². The summed E-state index contributed by atoms with van der Waals surface area (Å²) in [6.07, 6.45) is 5.86. The highest BCUT2D eigenvalue weighted by molar-refractivity contribution is 7.90. The van der Waals surface area contributed by atoms with Gasteiger partial charge in [-0.25, -0.2) is 23.4 Å². The highest BCUT2D eigenvalue weighted by Crippen LogP contribution is 2.28. The molecule has 4 heterocycles. The standard InChI is InChI=1S/C26H31N7O5S2/c1-31-12-14-32(15-13-31)24(35)18-4-5-20(22(16-18)40(2,36)37)29-23(34)21-17-39-26(30-21)33-10-6-19(7-11-33)38-25-27-8-3-9-28-25/h3-5,8-9,16-17,19H,6-7,10-15H2,1-2H3,(H,29,34). The predicted molar refractivity (Wildman–Crippen MR) is 151 cm³/mol. The van der Waals surface area contributed by atoms with Gasteiger partial charge in [-0.1, -0.05) is 0 Å². The van der Waals surface area contributed by atoms with E-state index in [1.165, 1.54) is 23.5 Å². The summed E-state index contributed by atoms with van der Waals surface area (Å²) < 4.78 is 31.0. The zero-order valence-corrected chi connectivity index (χ0v) is 23.9. The average Bonchev–Trinajstić information content (AvgIpc) is 3.44. The van der Waals surface area contributed by atoms with Gasteiger partial charge in [0.15, 0.2) is 15.0 Å². The lowest BCUT2D eigenvalue weighted by Gasteiger charge is -2.32. The third-order valence-electron chi connectivity index (χ3n) is 6.92. The van der Waals surface area contributed by atoms with Gasteiger partial charge in [0.2, 0.25) is 0 Å². The van der Waals surface area contributed by atoms with E-state index in [2.05, 4.69) is 30.1 Å². The first kappa shape index (κ1) is 27.9. The number of piperazine rings is 1. The number of carbonyl (C=O) groups excluding carboxylic acids is 2. The Bertz CT molecular complexity index is 1470. The van der Waals surface area contributed by atoms with Crippen molar-refractivity contribution in [3.05, 3.63) is 53.3 Å². The van der Waals surface area contributed by atoms with E-state index in [9.17, 15) is 18.0 Å². The Kier molecular flexibility index (Phi) is 8.28. The molecule has 212 valence electrons. The molecule has 12 nitrogen and oxygen atoms in total. The summed E-state index contributed by atoms with van der Waals surface area (Å²) in [5.41, 5.74) is 0.566. The van der Waals surface area contributed by atoms with E-state index in [0.717, 1.165) is 32.2 Å². The van der Waals surface area contributed by atoms with Crippen LogP contribution in [0.25, 0.3) is 0 Å². The lowest BCUT2D eigenvalue weighted by molar-refractivity contribution is 0.0664. The molecule has 14 heteroatoms. The fourth-order valence-corrected chi connectivity index (χ4v) is 6.34. The van der Waals surface area contributed by atoms with Crippen LogP contribution >= 0.6 is 11.3 Å². The molecule has 0 aliphatic carbocycles. The van der Waals surface area contributed by atoms with Crippen molar-refractivity contribution >= 4 is 43.8 Å². The molecule has 3 aromatic rings. The topological polar surface area (TPSA) is 138 Å². The van der Waals surface area contributed by atoms with Gasteiger partial charge < -0.3 is 24.8 Å². The van der Waals surface area contributed by atoms with Gasteiger partial charge in [-0.05, 0) is 31.3 Å². The Morgan fingerprint density at radius 3 is 2.42 bits per heavy atom. The minimum Gasteiger partial charge on any atom is -0.460 e. The molecule has 2 fully saturated rings. The third kappa shape index (κ3) is 6.57. The molecule has 40 heavy (non-hydrogen) atoms. The van der Waals surface area contributed by atoms with Crippen molar-refractivity contribution < 1.29 is 22.7 Å². The summed E-state index contributed by atoms with van der Waals surface area (Å²) >= 11 is 1.35. The summed E-state index contributed by atoms with van der Waals surface area (Å²) in [4.78, 5) is 44.6. The van der Waals surface area contributed by atoms with Crippen LogP contribution in [0.2, 0.25) is 0 Å². The van der Waals surface area contributed by atoms with Crippen LogP contribution in [-0.2, 0) is 9.84 Å². The lowest BCUT2D eigenvalue weighted by atomic mass is 10.1. The Morgan fingerprint density at radius 2 is 1.75 bits per heavy atom. The van der Waals surface area contributed by atoms with Crippen LogP contribution in [0, 0.1) is 0 Å². The molecule has 0 spiro atoms. The fraction of sp³-hybridized carbons (Fsp3) is 0.423. The van der Waals surface area contributed by atoms with Crippen molar-refractivity contribution in [3.8, 4) is 6.01 Å². The number of rotatable bonds is 7. The molecular formula is C26H31N7O5S2. The minimum atomic E-state index is -3.74.